The second-order valence-corrected chi connectivity index (χ2v) is 6.29. The van der Waals surface area contributed by atoms with Crippen molar-refractivity contribution < 1.29 is 4.79 Å². The number of aromatic nitrogens is 5. The first-order valence-corrected chi connectivity index (χ1v) is 8.41. The summed E-state index contributed by atoms with van der Waals surface area (Å²) < 4.78 is 1.84. The van der Waals surface area contributed by atoms with Gasteiger partial charge in [-0.05, 0) is 37.3 Å². The summed E-state index contributed by atoms with van der Waals surface area (Å²) in [5, 5.41) is 18.8. The van der Waals surface area contributed by atoms with Gasteiger partial charge in [-0.15, -0.1) is 10.2 Å². The molecule has 4 aromatic rings. The van der Waals surface area contributed by atoms with Crippen LogP contribution in [0.15, 0.2) is 54.7 Å². The molecule has 0 spiro atoms. The van der Waals surface area contributed by atoms with Crippen LogP contribution in [0.25, 0.3) is 16.9 Å². The van der Waals surface area contributed by atoms with Crippen molar-refractivity contribution in [2.45, 2.75) is 13.0 Å². The molecule has 3 heterocycles. The Labute approximate surface area is 154 Å². The fraction of sp³-hybridized carbons (Fsp3) is 0.111. The zero-order valence-electron chi connectivity index (χ0n) is 13.8. The molecule has 3 aromatic heterocycles. The van der Waals surface area contributed by atoms with Gasteiger partial charge in [-0.3, -0.25) is 14.3 Å². The lowest BCUT2D eigenvalue weighted by Crippen LogP contribution is -2.28. The van der Waals surface area contributed by atoms with Crippen molar-refractivity contribution in [3.63, 3.8) is 0 Å². The van der Waals surface area contributed by atoms with Crippen molar-refractivity contribution in [3.05, 3.63) is 71.3 Å². The first kappa shape index (κ1) is 16.3. The smallest absolute Gasteiger partial charge is 0.269 e. The van der Waals surface area contributed by atoms with Gasteiger partial charge in [-0.2, -0.15) is 5.10 Å². The van der Waals surface area contributed by atoms with E-state index in [2.05, 4.69) is 25.7 Å². The van der Waals surface area contributed by atoms with Crippen LogP contribution >= 0.6 is 11.6 Å². The second kappa shape index (κ2) is 6.61. The standard InChI is InChI=1S/C18H15ClN6O/c1-11(17-24-23-16-4-2-3-9-25(16)17)20-18(26)15-10-14(21-22-15)12-5-7-13(19)8-6-12/h2-11H,1H3,(H,20,26)(H,21,22)/t11-/m0/s1. The highest BCUT2D eigenvalue weighted by molar-refractivity contribution is 6.30. The molecule has 0 aliphatic rings. The first-order chi connectivity index (χ1) is 12.6. The number of halogens is 1. The molecular weight excluding hydrogens is 352 g/mol. The number of nitrogens with zero attached hydrogens (tertiary/aromatic N) is 4. The summed E-state index contributed by atoms with van der Waals surface area (Å²) in [6.07, 6.45) is 1.86. The van der Waals surface area contributed by atoms with Crippen molar-refractivity contribution in [1.29, 1.82) is 0 Å². The Morgan fingerprint density at radius 2 is 2.00 bits per heavy atom. The van der Waals surface area contributed by atoms with E-state index in [1.807, 2.05) is 47.9 Å². The number of hydrogen-bond acceptors (Lipinski definition) is 4. The number of H-pyrrole nitrogens is 1. The van der Waals surface area contributed by atoms with Crippen molar-refractivity contribution in [2.24, 2.45) is 0 Å². The van der Waals surface area contributed by atoms with Crippen LogP contribution in [0.1, 0.15) is 29.3 Å². The molecule has 130 valence electrons. The fourth-order valence-corrected chi connectivity index (χ4v) is 2.83. The summed E-state index contributed by atoms with van der Waals surface area (Å²) in [5.74, 6) is 0.393. The van der Waals surface area contributed by atoms with E-state index in [9.17, 15) is 4.79 Å². The Morgan fingerprint density at radius 1 is 1.19 bits per heavy atom. The Hall–Kier alpha value is -3.19. The Bertz CT molecular complexity index is 1070. The molecule has 0 fully saturated rings. The molecule has 0 saturated heterocycles. The van der Waals surface area contributed by atoms with Crippen LogP contribution in [-0.2, 0) is 0 Å². The van der Waals surface area contributed by atoms with Gasteiger partial charge in [0.15, 0.2) is 11.5 Å². The molecule has 0 aliphatic heterocycles. The van der Waals surface area contributed by atoms with Gasteiger partial charge in [0.1, 0.15) is 5.69 Å². The van der Waals surface area contributed by atoms with E-state index in [0.29, 0.717) is 22.2 Å². The van der Waals surface area contributed by atoms with Crippen molar-refractivity contribution in [1.82, 2.24) is 30.1 Å². The van der Waals surface area contributed by atoms with Gasteiger partial charge in [0.2, 0.25) is 0 Å². The lowest BCUT2D eigenvalue weighted by atomic mass is 10.1. The molecule has 8 heteroatoms. The minimum Gasteiger partial charge on any atom is -0.341 e. The Balaban J connectivity index is 1.52. The van der Waals surface area contributed by atoms with E-state index in [1.54, 1.807) is 18.2 Å². The molecule has 1 aromatic carbocycles. The summed E-state index contributed by atoms with van der Waals surface area (Å²) in [4.78, 5) is 12.5. The fourth-order valence-electron chi connectivity index (χ4n) is 2.70. The molecule has 0 radical (unpaired) electrons. The average molecular weight is 367 g/mol. The van der Waals surface area contributed by atoms with Crippen LogP contribution in [0.3, 0.4) is 0 Å². The highest BCUT2D eigenvalue weighted by Crippen LogP contribution is 2.20. The molecule has 0 bridgehead atoms. The molecule has 4 rings (SSSR count). The third kappa shape index (κ3) is 3.04. The van der Waals surface area contributed by atoms with Gasteiger partial charge >= 0.3 is 0 Å². The lowest BCUT2D eigenvalue weighted by molar-refractivity contribution is 0.0933. The van der Waals surface area contributed by atoms with Crippen LogP contribution in [0.4, 0.5) is 0 Å². The predicted molar refractivity (Wildman–Crippen MR) is 97.9 cm³/mol. The molecule has 1 atom stereocenters. The third-order valence-electron chi connectivity index (χ3n) is 4.04. The summed E-state index contributed by atoms with van der Waals surface area (Å²) in [5.41, 5.74) is 2.65. The molecule has 0 saturated carbocycles. The predicted octanol–water partition coefficient (Wildman–Crippen LogP) is 3.26. The van der Waals surface area contributed by atoms with Gasteiger partial charge in [0.25, 0.3) is 5.91 Å². The second-order valence-electron chi connectivity index (χ2n) is 5.86. The minimum atomic E-state index is -0.317. The highest BCUT2D eigenvalue weighted by atomic mass is 35.5. The summed E-state index contributed by atoms with van der Waals surface area (Å²) in [7, 11) is 0. The van der Waals surface area contributed by atoms with E-state index >= 15 is 0 Å². The Morgan fingerprint density at radius 3 is 2.81 bits per heavy atom. The van der Waals surface area contributed by atoms with Gasteiger partial charge in [0.05, 0.1) is 11.7 Å². The average Bonchev–Trinajstić information content (AvgIpc) is 3.30. The largest absolute Gasteiger partial charge is 0.341 e. The van der Waals surface area contributed by atoms with Gasteiger partial charge in [0, 0.05) is 16.8 Å². The Kier molecular flexibility index (Phi) is 4.14. The summed E-state index contributed by atoms with van der Waals surface area (Å²) in [6.45, 7) is 1.86. The SMILES string of the molecule is C[C@H](NC(=O)c1cc(-c2ccc(Cl)cc2)n[nH]1)c1nnc2ccccn12. The summed E-state index contributed by atoms with van der Waals surface area (Å²) in [6, 6.07) is 14.3. The summed E-state index contributed by atoms with van der Waals surface area (Å²) >= 11 is 5.90. The van der Waals surface area contributed by atoms with E-state index < -0.39 is 0 Å². The monoisotopic (exact) mass is 366 g/mol. The van der Waals surface area contributed by atoms with Crippen molar-refractivity contribution in [2.75, 3.05) is 0 Å². The number of carbonyl (C=O) groups excluding carboxylic acids is 1. The molecule has 0 aliphatic carbocycles. The number of fused-ring (bicyclic) bond motifs is 1. The third-order valence-corrected chi connectivity index (χ3v) is 4.29. The molecule has 1 amide bonds. The van der Waals surface area contributed by atoms with Gasteiger partial charge < -0.3 is 5.32 Å². The van der Waals surface area contributed by atoms with E-state index in [4.69, 9.17) is 11.6 Å². The van der Waals surface area contributed by atoms with Crippen molar-refractivity contribution in [3.8, 4) is 11.3 Å². The zero-order valence-corrected chi connectivity index (χ0v) is 14.6. The number of pyridine rings is 1. The first-order valence-electron chi connectivity index (χ1n) is 8.04. The van der Waals surface area contributed by atoms with Crippen LogP contribution in [0, 0.1) is 0 Å². The number of rotatable bonds is 4. The highest BCUT2D eigenvalue weighted by Gasteiger charge is 2.18. The van der Waals surface area contributed by atoms with E-state index in [0.717, 1.165) is 11.2 Å². The number of nitrogens with one attached hydrogen (secondary N) is 2. The lowest BCUT2D eigenvalue weighted by Gasteiger charge is -2.11. The number of carbonyl (C=O) groups is 1. The minimum absolute atomic E-state index is 0.266. The molecule has 0 unspecified atom stereocenters. The normalized spacial score (nSPS) is 12.2. The molecule has 2 N–H and O–H groups in total. The van der Waals surface area contributed by atoms with Crippen LogP contribution < -0.4 is 5.32 Å². The van der Waals surface area contributed by atoms with Crippen LogP contribution in [-0.4, -0.2) is 30.7 Å². The number of hydrogen-bond donors (Lipinski definition) is 2. The maximum absolute atomic E-state index is 12.5. The van der Waals surface area contributed by atoms with Crippen LogP contribution in [0.2, 0.25) is 5.02 Å². The van der Waals surface area contributed by atoms with Gasteiger partial charge in [-0.1, -0.05) is 29.8 Å². The maximum atomic E-state index is 12.5. The maximum Gasteiger partial charge on any atom is 0.269 e. The van der Waals surface area contributed by atoms with E-state index in [1.165, 1.54) is 0 Å². The number of aromatic amines is 1. The molecule has 7 nitrogen and oxygen atoms in total. The molecular formula is C18H15ClN6O. The molecule has 26 heavy (non-hydrogen) atoms. The number of amides is 1. The van der Waals surface area contributed by atoms with E-state index in [-0.39, 0.29) is 11.9 Å². The quantitative estimate of drug-likeness (QED) is 0.580. The van der Waals surface area contributed by atoms with Crippen molar-refractivity contribution >= 4 is 23.2 Å². The number of benzene rings is 1. The van der Waals surface area contributed by atoms with Gasteiger partial charge in [-0.25, -0.2) is 0 Å². The topological polar surface area (TPSA) is 88.0 Å². The zero-order chi connectivity index (χ0) is 18.1. The van der Waals surface area contributed by atoms with Crippen LogP contribution in [0.5, 0.6) is 0 Å².